The summed E-state index contributed by atoms with van der Waals surface area (Å²) in [5.74, 6) is 0.762. The van der Waals surface area contributed by atoms with Gasteiger partial charge in [0.05, 0.1) is 17.4 Å². The summed E-state index contributed by atoms with van der Waals surface area (Å²) in [7, 11) is 0. The van der Waals surface area contributed by atoms with Gasteiger partial charge in [-0.2, -0.15) is 0 Å². The van der Waals surface area contributed by atoms with Crippen molar-refractivity contribution < 1.29 is 0 Å². The highest BCUT2D eigenvalue weighted by molar-refractivity contribution is 5.77. The zero-order valence-corrected chi connectivity index (χ0v) is 13.4. The van der Waals surface area contributed by atoms with Crippen LogP contribution in [0.3, 0.4) is 0 Å². The Morgan fingerprint density at radius 3 is 2.55 bits per heavy atom. The van der Waals surface area contributed by atoms with Crippen LogP contribution in [0.4, 0.5) is 0 Å². The first-order chi connectivity index (χ1) is 9.49. The van der Waals surface area contributed by atoms with Crippen molar-refractivity contribution in [3.63, 3.8) is 0 Å². The average molecular weight is 273 g/mol. The van der Waals surface area contributed by atoms with E-state index in [2.05, 4.69) is 61.6 Å². The minimum Gasteiger partial charge on any atom is -0.326 e. The maximum atomic E-state index is 4.53. The second kappa shape index (κ2) is 6.40. The molecule has 1 N–H and O–H groups in total. The Labute approximate surface area is 122 Å². The van der Waals surface area contributed by atoms with Gasteiger partial charge in [-0.25, -0.2) is 4.98 Å². The Hall–Kier alpha value is -1.35. The molecule has 0 radical (unpaired) electrons. The van der Waals surface area contributed by atoms with Gasteiger partial charge < -0.3 is 9.88 Å². The van der Waals surface area contributed by atoms with Gasteiger partial charge in [0, 0.05) is 12.6 Å². The van der Waals surface area contributed by atoms with E-state index < -0.39 is 0 Å². The zero-order valence-electron chi connectivity index (χ0n) is 13.4. The summed E-state index contributed by atoms with van der Waals surface area (Å²) < 4.78 is 2.28. The van der Waals surface area contributed by atoms with Gasteiger partial charge in [0.1, 0.15) is 0 Å². The molecule has 0 fully saturated rings. The number of hydrogen-bond acceptors (Lipinski definition) is 2. The molecule has 0 bridgehead atoms. The van der Waals surface area contributed by atoms with Gasteiger partial charge in [-0.1, -0.05) is 13.8 Å². The number of nitrogens with zero attached hydrogens (tertiary/aromatic N) is 2. The first kappa shape index (κ1) is 15.0. The molecule has 20 heavy (non-hydrogen) atoms. The molecule has 2 aromatic rings. The summed E-state index contributed by atoms with van der Waals surface area (Å²) >= 11 is 0. The predicted octanol–water partition coefficient (Wildman–Crippen LogP) is 3.85. The Balaban J connectivity index is 2.06. The smallest absolute Gasteiger partial charge is 0.0961 e. The number of aryl methyl sites for hydroxylation is 2. The van der Waals surface area contributed by atoms with Crippen molar-refractivity contribution in [3.8, 4) is 0 Å². The fourth-order valence-corrected chi connectivity index (χ4v) is 2.43. The third kappa shape index (κ3) is 3.40. The van der Waals surface area contributed by atoms with E-state index in [-0.39, 0.29) is 0 Å². The fourth-order valence-electron chi connectivity index (χ4n) is 2.43. The van der Waals surface area contributed by atoms with Crippen LogP contribution in [0.5, 0.6) is 0 Å². The predicted molar refractivity (Wildman–Crippen MR) is 86.2 cm³/mol. The lowest BCUT2D eigenvalue weighted by Crippen LogP contribution is -2.25. The van der Waals surface area contributed by atoms with Gasteiger partial charge >= 0.3 is 0 Å². The standard InChI is InChI=1S/C17H27N3/c1-12(2)6-7-18-10-15(5)20-11-19-16-8-13(3)14(4)9-17(16)20/h8-9,11-12,15,18H,6-7,10H2,1-5H3. The van der Waals surface area contributed by atoms with Crippen LogP contribution in [0, 0.1) is 19.8 Å². The van der Waals surface area contributed by atoms with E-state index in [1.165, 1.54) is 23.1 Å². The molecule has 1 atom stereocenters. The number of nitrogens with one attached hydrogen (secondary N) is 1. The van der Waals surface area contributed by atoms with Crippen molar-refractivity contribution in [2.75, 3.05) is 13.1 Å². The second-order valence-corrected chi connectivity index (χ2v) is 6.31. The van der Waals surface area contributed by atoms with E-state index in [0.717, 1.165) is 24.5 Å². The maximum Gasteiger partial charge on any atom is 0.0961 e. The molecule has 2 rings (SSSR count). The highest BCUT2D eigenvalue weighted by Gasteiger charge is 2.10. The van der Waals surface area contributed by atoms with Gasteiger partial charge in [0.25, 0.3) is 0 Å². The van der Waals surface area contributed by atoms with Gasteiger partial charge in [-0.05, 0) is 62.9 Å². The Morgan fingerprint density at radius 1 is 1.15 bits per heavy atom. The number of rotatable bonds is 6. The van der Waals surface area contributed by atoms with Crippen LogP contribution in [0.1, 0.15) is 44.4 Å². The van der Waals surface area contributed by atoms with Crippen LogP contribution in [0.2, 0.25) is 0 Å². The summed E-state index contributed by atoms with van der Waals surface area (Å²) in [5, 5.41) is 3.55. The lowest BCUT2D eigenvalue weighted by atomic mass is 10.1. The molecule has 0 aliphatic heterocycles. The molecule has 0 spiro atoms. The number of imidazole rings is 1. The van der Waals surface area contributed by atoms with Crippen molar-refractivity contribution in [1.29, 1.82) is 0 Å². The van der Waals surface area contributed by atoms with E-state index in [4.69, 9.17) is 0 Å². The van der Waals surface area contributed by atoms with Crippen LogP contribution < -0.4 is 5.32 Å². The third-order valence-corrected chi connectivity index (χ3v) is 4.00. The zero-order chi connectivity index (χ0) is 14.7. The summed E-state index contributed by atoms with van der Waals surface area (Å²) in [6.07, 6.45) is 3.20. The van der Waals surface area contributed by atoms with E-state index in [1.807, 2.05) is 6.33 Å². The van der Waals surface area contributed by atoms with Gasteiger partial charge in [0.2, 0.25) is 0 Å². The second-order valence-electron chi connectivity index (χ2n) is 6.31. The fraction of sp³-hybridized carbons (Fsp3) is 0.588. The van der Waals surface area contributed by atoms with Gasteiger partial charge in [-0.15, -0.1) is 0 Å². The van der Waals surface area contributed by atoms with Crippen molar-refractivity contribution in [2.45, 2.75) is 47.1 Å². The highest BCUT2D eigenvalue weighted by Crippen LogP contribution is 2.21. The summed E-state index contributed by atoms with van der Waals surface area (Å²) in [6, 6.07) is 4.86. The Kier molecular flexibility index (Phi) is 4.81. The normalized spacial score (nSPS) is 13.3. The van der Waals surface area contributed by atoms with Crippen molar-refractivity contribution >= 4 is 11.0 Å². The average Bonchev–Trinajstić information content (AvgIpc) is 2.77. The summed E-state index contributed by atoms with van der Waals surface area (Å²) in [4.78, 5) is 4.53. The van der Waals surface area contributed by atoms with Gasteiger partial charge in [0.15, 0.2) is 0 Å². The minimum absolute atomic E-state index is 0.425. The molecule has 0 amide bonds. The molecule has 0 saturated carbocycles. The molecular formula is C17H27N3. The van der Waals surface area contributed by atoms with Gasteiger partial charge in [-0.3, -0.25) is 0 Å². The first-order valence-electron chi connectivity index (χ1n) is 7.63. The Morgan fingerprint density at radius 2 is 1.85 bits per heavy atom. The van der Waals surface area contributed by atoms with E-state index in [1.54, 1.807) is 0 Å². The molecule has 110 valence electrons. The van der Waals surface area contributed by atoms with E-state index in [9.17, 15) is 0 Å². The van der Waals surface area contributed by atoms with Crippen molar-refractivity contribution in [3.05, 3.63) is 29.6 Å². The summed E-state index contributed by atoms with van der Waals surface area (Å²) in [5.41, 5.74) is 4.98. The highest BCUT2D eigenvalue weighted by atomic mass is 15.1. The number of aromatic nitrogens is 2. The quantitative estimate of drug-likeness (QED) is 0.810. The van der Waals surface area contributed by atoms with Crippen LogP contribution in [0.25, 0.3) is 11.0 Å². The van der Waals surface area contributed by atoms with E-state index >= 15 is 0 Å². The maximum absolute atomic E-state index is 4.53. The molecule has 0 aliphatic carbocycles. The number of fused-ring (bicyclic) bond motifs is 1. The number of benzene rings is 1. The minimum atomic E-state index is 0.425. The molecule has 3 heteroatoms. The largest absolute Gasteiger partial charge is 0.326 e. The summed E-state index contributed by atoms with van der Waals surface area (Å²) in [6.45, 7) is 13.2. The first-order valence-corrected chi connectivity index (χ1v) is 7.63. The molecule has 1 heterocycles. The molecule has 0 aliphatic rings. The Bertz CT molecular complexity index is 569. The molecule has 3 nitrogen and oxygen atoms in total. The molecule has 0 saturated heterocycles. The van der Waals surface area contributed by atoms with Crippen molar-refractivity contribution in [2.24, 2.45) is 5.92 Å². The molecular weight excluding hydrogens is 246 g/mol. The molecule has 1 aromatic heterocycles. The monoisotopic (exact) mass is 273 g/mol. The number of hydrogen-bond donors (Lipinski definition) is 1. The third-order valence-electron chi connectivity index (χ3n) is 4.00. The SMILES string of the molecule is Cc1cc2ncn(C(C)CNCCC(C)C)c2cc1C. The van der Waals surface area contributed by atoms with Crippen molar-refractivity contribution in [1.82, 2.24) is 14.9 Å². The lowest BCUT2D eigenvalue weighted by Gasteiger charge is -2.16. The van der Waals surface area contributed by atoms with Crippen LogP contribution in [-0.4, -0.2) is 22.6 Å². The molecule has 1 aromatic carbocycles. The van der Waals surface area contributed by atoms with Crippen LogP contribution >= 0.6 is 0 Å². The molecule has 1 unspecified atom stereocenters. The lowest BCUT2D eigenvalue weighted by molar-refractivity contribution is 0.473. The van der Waals surface area contributed by atoms with E-state index in [0.29, 0.717) is 6.04 Å². The van der Waals surface area contributed by atoms with Crippen LogP contribution in [-0.2, 0) is 0 Å². The topological polar surface area (TPSA) is 29.9 Å². The van der Waals surface area contributed by atoms with Crippen LogP contribution in [0.15, 0.2) is 18.5 Å².